The quantitative estimate of drug-likeness (QED) is 0.521. The van der Waals surface area contributed by atoms with Gasteiger partial charge in [0.05, 0.1) is 9.79 Å². The van der Waals surface area contributed by atoms with Crippen LogP contribution in [-0.4, -0.2) is 14.1 Å². The molecule has 0 atom stereocenters. The van der Waals surface area contributed by atoms with E-state index in [9.17, 15) is 8.42 Å². The Bertz CT molecular complexity index is 1120. The van der Waals surface area contributed by atoms with E-state index >= 15 is 0 Å². The summed E-state index contributed by atoms with van der Waals surface area (Å²) in [7, 11) is -3.64. The first kappa shape index (κ1) is 22.8. The fourth-order valence-electron chi connectivity index (χ4n) is 2.90. The molecule has 164 valence electrons. The van der Waals surface area contributed by atoms with Gasteiger partial charge in [0.15, 0.2) is 5.72 Å². The topological polar surface area (TPSA) is 105 Å². The molecule has 7 heteroatoms. The molecule has 0 amide bonds. The first-order valence-electron chi connectivity index (χ1n) is 9.85. The van der Waals surface area contributed by atoms with Gasteiger partial charge in [-0.05, 0) is 93.9 Å². The van der Waals surface area contributed by atoms with E-state index in [0.717, 1.165) is 5.56 Å². The summed E-state index contributed by atoms with van der Waals surface area (Å²) in [6, 6.07) is 20.0. The minimum atomic E-state index is -3.64. The molecule has 31 heavy (non-hydrogen) atoms. The summed E-state index contributed by atoms with van der Waals surface area (Å²) in [6.45, 7) is 7.27. The van der Waals surface area contributed by atoms with Gasteiger partial charge in [-0.1, -0.05) is 12.1 Å². The Morgan fingerprint density at radius 3 is 1.45 bits per heavy atom. The average Bonchev–Trinajstić information content (AvgIpc) is 2.68. The molecule has 0 radical (unpaired) electrons. The van der Waals surface area contributed by atoms with Crippen molar-refractivity contribution >= 4 is 9.84 Å². The Balaban J connectivity index is 1.73. The van der Waals surface area contributed by atoms with Crippen molar-refractivity contribution < 1.29 is 17.9 Å². The van der Waals surface area contributed by atoms with Crippen molar-refractivity contribution in [2.24, 2.45) is 11.5 Å². The summed E-state index contributed by atoms with van der Waals surface area (Å²) in [6.07, 6.45) is 0. The van der Waals surface area contributed by atoms with Crippen LogP contribution in [0.5, 0.6) is 17.2 Å². The van der Waals surface area contributed by atoms with Gasteiger partial charge in [-0.2, -0.15) is 0 Å². The summed E-state index contributed by atoms with van der Waals surface area (Å²) in [4.78, 5) is 0.404. The summed E-state index contributed by atoms with van der Waals surface area (Å²) in [5.74, 6) is 1.75. The van der Waals surface area contributed by atoms with Gasteiger partial charge in [0, 0.05) is 5.54 Å². The van der Waals surface area contributed by atoms with Crippen LogP contribution in [0.15, 0.2) is 82.6 Å². The maximum atomic E-state index is 12.9. The van der Waals surface area contributed by atoms with Gasteiger partial charge >= 0.3 is 0 Å². The Morgan fingerprint density at radius 2 is 1.03 bits per heavy atom. The smallest absolute Gasteiger partial charge is 0.206 e. The molecule has 4 N–H and O–H groups in total. The zero-order valence-electron chi connectivity index (χ0n) is 18.1. The number of hydrogen-bond donors (Lipinski definition) is 2. The summed E-state index contributed by atoms with van der Waals surface area (Å²) in [5.41, 5.74) is 11.5. The first-order chi connectivity index (χ1) is 14.3. The Hall–Kier alpha value is -2.87. The van der Waals surface area contributed by atoms with Crippen LogP contribution >= 0.6 is 0 Å². The molecule has 0 aliphatic rings. The van der Waals surface area contributed by atoms with E-state index in [1.807, 2.05) is 13.8 Å². The number of benzene rings is 3. The van der Waals surface area contributed by atoms with Gasteiger partial charge in [0.2, 0.25) is 9.84 Å². The molecule has 0 fully saturated rings. The highest BCUT2D eigenvalue weighted by Crippen LogP contribution is 2.28. The average molecular weight is 441 g/mol. The number of ether oxygens (including phenoxy) is 2. The number of sulfone groups is 1. The molecule has 6 nitrogen and oxygen atoms in total. The number of rotatable bonds is 7. The van der Waals surface area contributed by atoms with E-state index in [1.165, 1.54) is 12.1 Å². The Kier molecular flexibility index (Phi) is 6.14. The zero-order chi connectivity index (χ0) is 22.9. The van der Waals surface area contributed by atoms with Gasteiger partial charge in [0.1, 0.15) is 17.2 Å². The number of nitrogens with two attached hydrogens (primary N) is 2. The highest BCUT2D eigenvalue weighted by atomic mass is 32.2. The van der Waals surface area contributed by atoms with Crippen molar-refractivity contribution in [2.75, 3.05) is 0 Å². The second kappa shape index (κ2) is 8.34. The van der Waals surface area contributed by atoms with E-state index < -0.39 is 21.1 Å². The molecule has 0 aliphatic heterocycles. The third kappa shape index (κ3) is 5.85. The van der Waals surface area contributed by atoms with Gasteiger partial charge < -0.3 is 15.2 Å². The van der Waals surface area contributed by atoms with Crippen LogP contribution in [0.2, 0.25) is 0 Å². The fourth-order valence-corrected chi connectivity index (χ4v) is 4.16. The van der Waals surface area contributed by atoms with Crippen molar-refractivity contribution in [3.05, 3.63) is 78.4 Å². The molecule has 3 rings (SSSR count). The molecule has 0 unspecified atom stereocenters. The van der Waals surface area contributed by atoms with E-state index in [-0.39, 0.29) is 9.79 Å². The number of hydrogen-bond acceptors (Lipinski definition) is 6. The maximum Gasteiger partial charge on any atom is 0.206 e. The van der Waals surface area contributed by atoms with E-state index in [0.29, 0.717) is 17.2 Å². The molecule has 0 heterocycles. The van der Waals surface area contributed by atoms with Crippen LogP contribution in [0.1, 0.15) is 33.3 Å². The lowest BCUT2D eigenvalue weighted by molar-refractivity contribution is 0.117. The van der Waals surface area contributed by atoms with Crippen molar-refractivity contribution in [1.82, 2.24) is 0 Å². The molecular weight excluding hydrogens is 412 g/mol. The molecule has 0 aliphatic carbocycles. The van der Waals surface area contributed by atoms with Crippen LogP contribution < -0.4 is 20.9 Å². The lowest BCUT2D eigenvalue weighted by Gasteiger charge is -2.21. The molecule has 0 aromatic heterocycles. The second-order valence-corrected chi connectivity index (χ2v) is 10.4. The first-order valence-corrected chi connectivity index (χ1v) is 11.3. The highest BCUT2D eigenvalue weighted by Gasteiger charge is 2.20. The van der Waals surface area contributed by atoms with E-state index in [2.05, 4.69) is 0 Å². The van der Waals surface area contributed by atoms with E-state index in [4.69, 9.17) is 20.9 Å². The van der Waals surface area contributed by atoms with Crippen molar-refractivity contribution in [3.8, 4) is 17.2 Å². The van der Waals surface area contributed by atoms with Gasteiger partial charge in [-0.25, -0.2) is 8.42 Å². The lowest BCUT2D eigenvalue weighted by atomic mass is 9.96. The normalized spacial score (nSPS) is 12.5. The minimum absolute atomic E-state index is 0.188. The zero-order valence-corrected chi connectivity index (χ0v) is 18.9. The molecular formula is C24H28N2O4S. The second-order valence-electron chi connectivity index (χ2n) is 8.50. The van der Waals surface area contributed by atoms with Gasteiger partial charge in [-0.15, -0.1) is 0 Å². The van der Waals surface area contributed by atoms with E-state index in [1.54, 1.807) is 74.5 Å². The predicted octanol–water partition coefficient (Wildman–Crippen LogP) is 4.58. The standard InChI is InChI=1S/C24H28N2O4S/c1-23(2,25)17-5-13-21(14-6-17)31(27,28)22-15-11-19(12-16-22)29-18-7-9-20(10-8-18)30-24(3,4)26/h5-16H,25-26H2,1-4H3. The van der Waals surface area contributed by atoms with Crippen LogP contribution in [-0.2, 0) is 15.4 Å². The van der Waals surface area contributed by atoms with Crippen LogP contribution in [0.4, 0.5) is 0 Å². The molecule has 0 saturated heterocycles. The fraction of sp³-hybridized carbons (Fsp3) is 0.250. The Labute approximate surface area is 183 Å². The van der Waals surface area contributed by atoms with Crippen LogP contribution in [0, 0.1) is 0 Å². The third-order valence-electron chi connectivity index (χ3n) is 4.48. The SMILES string of the molecule is CC(C)(N)Oc1ccc(Oc2ccc(S(=O)(=O)c3ccc(C(C)(C)N)cc3)cc2)cc1. The summed E-state index contributed by atoms with van der Waals surface area (Å²) >= 11 is 0. The molecule has 0 bridgehead atoms. The van der Waals surface area contributed by atoms with Crippen molar-refractivity contribution in [2.45, 2.75) is 48.7 Å². The molecule has 3 aromatic rings. The molecule has 3 aromatic carbocycles. The largest absolute Gasteiger partial charge is 0.474 e. The maximum absolute atomic E-state index is 12.9. The minimum Gasteiger partial charge on any atom is -0.474 e. The molecule has 0 spiro atoms. The van der Waals surface area contributed by atoms with Crippen molar-refractivity contribution in [1.29, 1.82) is 0 Å². The monoisotopic (exact) mass is 440 g/mol. The summed E-state index contributed by atoms with van der Waals surface area (Å²) < 4.78 is 37.2. The third-order valence-corrected chi connectivity index (χ3v) is 6.27. The lowest BCUT2D eigenvalue weighted by Crippen LogP contribution is -2.38. The Morgan fingerprint density at radius 1 is 0.645 bits per heavy atom. The van der Waals surface area contributed by atoms with Gasteiger partial charge in [0.25, 0.3) is 0 Å². The predicted molar refractivity (Wildman–Crippen MR) is 121 cm³/mol. The van der Waals surface area contributed by atoms with Crippen LogP contribution in [0.3, 0.4) is 0 Å². The van der Waals surface area contributed by atoms with Crippen LogP contribution in [0.25, 0.3) is 0 Å². The van der Waals surface area contributed by atoms with Crippen molar-refractivity contribution in [3.63, 3.8) is 0 Å². The highest BCUT2D eigenvalue weighted by molar-refractivity contribution is 7.91. The van der Waals surface area contributed by atoms with Gasteiger partial charge in [-0.3, -0.25) is 5.73 Å². The molecule has 0 saturated carbocycles. The summed E-state index contributed by atoms with van der Waals surface area (Å²) in [5, 5.41) is 0.